The maximum absolute atomic E-state index is 10.3. The summed E-state index contributed by atoms with van der Waals surface area (Å²) in [5, 5.41) is 8.52. The summed E-state index contributed by atoms with van der Waals surface area (Å²) in [6.45, 7) is 16.5. The van der Waals surface area contributed by atoms with Gasteiger partial charge in [0.05, 0.1) is 26.2 Å². The van der Waals surface area contributed by atoms with Gasteiger partial charge in [0.1, 0.15) is 0 Å². The minimum Gasteiger partial charge on any atom is -0.481 e. The van der Waals surface area contributed by atoms with Crippen LogP contribution >= 0.6 is 0 Å². The number of hydrogen-bond donors (Lipinski definition) is 1. The van der Waals surface area contributed by atoms with Crippen molar-refractivity contribution >= 4 is 5.97 Å². The predicted molar refractivity (Wildman–Crippen MR) is 130 cm³/mol. The molecule has 0 unspecified atom stereocenters. The summed E-state index contributed by atoms with van der Waals surface area (Å²) in [6.07, 6.45) is 20.2. The van der Waals surface area contributed by atoms with Crippen LogP contribution in [0.5, 0.6) is 0 Å². The van der Waals surface area contributed by atoms with E-state index in [4.69, 9.17) is 5.11 Å². The van der Waals surface area contributed by atoms with E-state index in [0.717, 1.165) is 12.8 Å². The second-order valence-electron chi connectivity index (χ2n) is 8.70. The average molecular weight is 415 g/mol. The lowest BCUT2D eigenvalue weighted by atomic mass is 10.0. The highest BCUT2D eigenvalue weighted by molar-refractivity contribution is 5.66. The van der Waals surface area contributed by atoms with Gasteiger partial charge >= 0.3 is 5.97 Å². The quantitative estimate of drug-likeness (QED) is 0.161. The predicted octanol–water partition coefficient (Wildman–Crippen LogP) is 8.22. The van der Waals surface area contributed by atoms with Crippen LogP contribution in [0.2, 0.25) is 0 Å². The van der Waals surface area contributed by atoms with E-state index in [2.05, 4.69) is 34.6 Å². The largest absolute Gasteiger partial charge is 0.481 e. The van der Waals surface area contributed by atoms with Crippen LogP contribution in [0.1, 0.15) is 137 Å². The van der Waals surface area contributed by atoms with Crippen molar-refractivity contribution in [2.24, 2.45) is 0 Å². The maximum Gasteiger partial charge on any atom is 0.303 e. The van der Waals surface area contributed by atoms with Gasteiger partial charge in [-0.1, -0.05) is 96.8 Å². The Kier molecular flexibility index (Phi) is 25.0. The normalized spacial score (nSPS) is 11.2. The molecule has 0 aliphatic carbocycles. The summed E-state index contributed by atoms with van der Waals surface area (Å²) in [5.74, 6) is -0.653. The Hall–Kier alpha value is -0.570. The summed E-state index contributed by atoms with van der Waals surface area (Å²) in [4.78, 5) is 10.3. The molecule has 29 heavy (non-hydrogen) atoms. The van der Waals surface area contributed by atoms with Gasteiger partial charge < -0.3 is 9.59 Å². The molecule has 0 heterocycles. The van der Waals surface area contributed by atoms with E-state index < -0.39 is 5.97 Å². The minimum atomic E-state index is -0.653. The first kappa shape index (κ1) is 30.6. The molecule has 1 N–H and O–H groups in total. The number of quaternary nitrogens is 1. The molecule has 0 bridgehead atoms. The maximum atomic E-state index is 10.3. The zero-order valence-corrected chi connectivity index (χ0v) is 20.9. The lowest BCUT2D eigenvalue weighted by molar-refractivity contribution is -0.921. The van der Waals surface area contributed by atoms with E-state index >= 15 is 0 Å². The molecule has 0 saturated carbocycles. The third kappa shape index (κ3) is 21.9. The molecule has 0 aromatic heterocycles. The van der Waals surface area contributed by atoms with Crippen molar-refractivity contribution < 1.29 is 14.4 Å². The Labute approximate surface area is 184 Å². The van der Waals surface area contributed by atoms with Gasteiger partial charge in [0.25, 0.3) is 0 Å². The minimum absolute atomic E-state index is 0.345. The molecule has 0 aromatic rings. The van der Waals surface area contributed by atoms with Crippen molar-refractivity contribution in [3.8, 4) is 0 Å². The number of carboxylic acids is 1. The van der Waals surface area contributed by atoms with Crippen molar-refractivity contribution in [3.05, 3.63) is 0 Å². The lowest BCUT2D eigenvalue weighted by Gasteiger charge is -2.34. The summed E-state index contributed by atoms with van der Waals surface area (Å²) in [7, 11) is 0. The SMILES string of the molecule is CCCCCCCCCCCCCCCCCC(=O)O.CC[N+](CC)(CC)CC. The first-order valence-electron chi connectivity index (χ1n) is 13.1. The van der Waals surface area contributed by atoms with Gasteiger partial charge in [-0.2, -0.15) is 0 Å². The third-order valence-corrected chi connectivity index (χ3v) is 6.68. The third-order valence-electron chi connectivity index (χ3n) is 6.68. The molecular formula is C26H56NO2+. The number of carbonyl (C=O) groups is 1. The number of rotatable bonds is 20. The Morgan fingerprint density at radius 3 is 1.00 bits per heavy atom. The Balaban J connectivity index is 0. The first-order chi connectivity index (χ1) is 14.0. The van der Waals surface area contributed by atoms with Gasteiger partial charge in [-0.3, -0.25) is 4.79 Å². The zero-order valence-electron chi connectivity index (χ0n) is 20.9. The molecular weight excluding hydrogens is 358 g/mol. The van der Waals surface area contributed by atoms with E-state index in [9.17, 15) is 4.79 Å². The summed E-state index contributed by atoms with van der Waals surface area (Å²) < 4.78 is 1.28. The van der Waals surface area contributed by atoms with Gasteiger partial charge in [-0.05, 0) is 34.1 Å². The second kappa shape index (κ2) is 23.7. The Bertz CT molecular complexity index is 309. The second-order valence-corrected chi connectivity index (χ2v) is 8.70. The van der Waals surface area contributed by atoms with E-state index in [-0.39, 0.29) is 0 Å². The van der Waals surface area contributed by atoms with Crippen LogP contribution in [-0.4, -0.2) is 41.7 Å². The molecule has 0 spiro atoms. The average Bonchev–Trinajstić information content (AvgIpc) is 2.73. The monoisotopic (exact) mass is 414 g/mol. The standard InChI is InChI=1S/C18H36O2.C8H20N/c1-2-3-4-5-6-7-8-9-10-11-12-13-14-15-16-17-18(19)20;1-5-9(6-2,7-3)8-4/h2-17H2,1H3,(H,19,20);5-8H2,1-4H3/q;+1. The van der Waals surface area contributed by atoms with Gasteiger partial charge in [0.15, 0.2) is 0 Å². The number of carboxylic acid groups (broad SMARTS) is 1. The molecule has 0 saturated heterocycles. The van der Waals surface area contributed by atoms with Gasteiger partial charge in [-0.15, -0.1) is 0 Å². The van der Waals surface area contributed by atoms with Gasteiger partial charge in [-0.25, -0.2) is 0 Å². The fourth-order valence-corrected chi connectivity index (χ4v) is 3.99. The summed E-state index contributed by atoms with van der Waals surface area (Å²) in [6, 6.07) is 0. The van der Waals surface area contributed by atoms with Crippen LogP contribution < -0.4 is 0 Å². The van der Waals surface area contributed by atoms with Crippen LogP contribution in [0.25, 0.3) is 0 Å². The van der Waals surface area contributed by atoms with Crippen molar-refractivity contribution in [3.63, 3.8) is 0 Å². The Morgan fingerprint density at radius 1 is 0.517 bits per heavy atom. The fraction of sp³-hybridized carbons (Fsp3) is 0.962. The fourth-order valence-electron chi connectivity index (χ4n) is 3.99. The van der Waals surface area contributed by atoms with E-state index in [1.807, 2.05) is 0 Å². The van der Waals surface area contributed by atoms with Gasteiger partial charge in [0.2, 0.25) is 0 Å². The van der Waals surface area contributed by atoms with Gasteiger partial charge in [0, 0.05) is 6.42 Å². The highest BCUT2D eigenvalue weighted by Gasteiger charge is 2.16. The molecule has 0 rings (SSSR count). The molecule has 3 heteroatoms. The van der Waals surface area contributed by atoms with Crippen molar-refractivity contribution in [1.29, 1.82) is 0 Å². The number of aliphatic carboxylic acids is 1. The highest BCUT2D eigenvalue weighted by atomic mass is 16.4. The van der Waals surface area contributed by atoms with Crippen molar-refractivity contribution in [1.82, 2.24) is 0 Å². The molecule has 0 fully saturated rings. The van der Waals surface area contributed by atoms with Crippen LogP contribution in [0.15, 0.2) is 0 Å². The molecule has 3 nitrogen and oxygen atoms in total. The van der Waals surface area contributed by atoms with Crippen LogP contribution in [0, 0.1) is 0 Å². The van der Waals surface area contributed by atoms with E-state index in [1.165, 1.54) is 114 Å². The molecule has 0 radical (unpaired) electrons. The molecule has 0 amide bonds. The smallest absolute Gasteiger partial charge is 0.303 e. The molecule has 0 aromatic carbocycles. The number of unbranched alkanes of at least 4 members (excludes halogenated alkanes) is 14. The topological polar surface area (TPSA) is 37.3 Å². The summed E-state index contributed by atoms with van der Waals surface area (Å²) in [5.41, 5.74) is 0. The van der Waals surface area contributed by atoms with Crippen molar-refractivity contribution in [2.75, 3.05) is 26.2 Å². The lowest BCUT2D eigenvalue weighted by Crippen LogP contribution is -2.47. The van der Waals surface area contributed by atoms with E-state index in [0.29, 0.717) is 6.42 Å². The van der Waals surface area contributed by atoms with Crippen LogP contribution in [-0.2, 0) is 4.79 Å². The van der Waals surface area contributed by atoms with Crippen LogP contribution in [0.4, 0.5) is 0 Å². The zero-order chi connectivity index (χ0) is 22.2. The number of nitrogens with zero attached hydrogens (tertiary/aromatic N) is 1. The molecule has 0 aliphatic rings. The molecule has 176 valence electrons. The van der Waals surface area contributed by atoms with E-state index in [1.54, 1.807) is 0 Å². The molecule has 0 aliphatic heterocycles. The van der Waals surface area contributed by atoms with Crippen LogP contribution in [0.3, 0.4) is 0 Å². The highest BCUT2D eigenvalue weighted by Crippen LogP contribution is 2.13. The number of hydrogen-bond acceptors (Lipinski definition) is 1. The Morgan fingerprint density at radius 2 is 0.793 bits per heavy atom. The molecule has 0 atom stereocenters. The summed E-state index contributed by atoms with van der Waals surface area (Å²) >= 11 is 0. The van der Waals surface area contributed by atoms with Crippen molar-refractivity contribution in [2.45, 2.75) is 137 Å². The first-order valence-corrected chi connectivity index (χ1v) is 13.1.